The van der Waals surface area contributed by atoms with Crippen molar-refractivity contribution in [3.8, 4) is 5.75 Å². The van der Waals surface area contributed by atoms with Gasteiger partial charge in [-0.15, -0.1) is 24.0 Å². The van der Waals surface area contributed by atoms with Crippen molar-refractivity contribution in [3.63, 3.8) is 0 Å². The molecular formula is C21H34IN3O4. The van der Waals surface area contributed by atoms with Crippen LogP contribution in [0.2, 0.25) is 0 Å². The number of nitrogens with zero attached hydrogens (tertiary/aromatic N) is 2. The highest BCUT2D eigenvalue weighted by Gasteiger charge is 2.32. The molecular weight excluding hydrogens is 485 g/mol. The molecule has 2 unspecified atom stereocenters. The van der Waals surface area contributed by atoms with Gasteiger partial charge >= 0.3 is 0 Å². The largest absolute Gasteiger partial charge is 0.497 e. The molecule has 2 aliphatic heterocycles. The Bertz CT molecular complexity index is 608. The van der Waals surface area contributed by atoms with E-state index in [1.807, 2.05) is 31.3 Å². The molecule has 0 saturated carbocycles. The second kappa shape index (κ2) is 13.3. The Kier molecular flexibility index (Phi) is 11.0. The molecule has 0 amide bonds. The van der Waals surface area contributed by atoms with Crippen molar-refractivity contribution in [3.05, 3.63) is 29.8 Å². The number of halogens is 1. The number of aliphatic imine (C=N–C) groups is 1. The fourth-order valence-electron chi connectivity index (χ4n) is 3.61. The lowest BCUT2D eigenvalue weighted by molar-refractivity contribution is -0.0817. The third kappa shape index (κ3) is 7.58. The van der Waals surface area contributed by atoms with Crippen LogP contribution in [0.4, 0.5) is 0 Å². The first-order valence-corrected chi connectivity index (χ1v) is 10.2. The van der Waals surface area contributed by atoms with Crippen LogP contribution in [0, 0.1) is 0 Å². The van der Waals surface area contributed by atoms with Gasteiger partial charge in [-0.1, -0.05) is 12.1 Å². The van der Waals surface area contributed by atoms with Gasteiger partial charge in [0.25, 0.3) is 0 Å². The van der Waals surface area contributed by atoms with Crippen molar-refractivity contribution in [2.75, 3.05) is 53.6 Å². The third-order valence-electron chi connectivity index (χ3n) is 5.16. The predicted octanol–water partition coefficient (Wildman–Crippen LogP) is 2.68. The van der Waals surface area contributed by atoms with Gasteiger partial charge in [-0.2, -0.15) is 0 Å². The van der Waals surface area contributed by atoms with Crippen molar-refractivity contribution in [2.24, 2.45) is 4.99 Å². The molecule has 8 heteroatoms. The van der Waals surface area contributed by atoms with Gasteiger partial charge < -0.3 is 29.2 Å². The summed E-state index contributed by atoms with van der Waals surface area (Å²) in [6.45, 7) is 5.42. The maximum atomic E-state index is 5.92. The Morgan fingerprint density at radius 2 is 2.00 bits per heavy atom. The molecule has 0 aromatic heterocycles. The zero-order valence-corrected chi connectivity index (χ0v) is 19.8. The summed E-state index contributed by atoms with van der Waals surface area (Å²) in [4.78, 5) is 6.71. The van der Waals surface area contributed by atoms with Crippen LogP contribution in [-0.4, -0.2) is 76.7 Å². The van der Waals surface area contributed by atoms with E-state index in [0.717, 1.165) is 69.4 Å². The number of morpholine rings is 1. The number of hydrogen-bond acceptors (Lipinski definition) is 5. The molecule has 0 bridgehead atoms. The summed E-state index contributed by atoms with van der Waals surface area (Å²) in [5, 5.41) is 3.45. The Balaban J connectivity index is 0.00000300. The highest BCUT2D eigenvalue weighted by molar-refractivity contribution is 14.0. The quantitative estimate of drug-likeness (QED) is 0.247. The van der Waals surface area contributed by atoms with Crippen LogP contribution in [0.15, 0.2) is 29.3 Å². The summed E-state index contributed by atoms with van der Waals surface area (Å²) in [6, 6.07) is 7.97. The number of guanidine groups is 1. The van der Waals surface area contributed by atoms with E-state index >= 15 is 0 Å². The molecule has 0 spiro atoms. The predicted molar refractivity (Wildman–Crippen MR) is 124 cm³/mol. The summed E-state index contributed by atoms with van der Waals surface area (Å²) in [5.41, 5.74) is 1.15. The van der Waals surface area contributed by atoms with Crippen LogP contribution >= 0.6 is 24.0 Å². The zero-order valence-electron chi connectivity index (χ0n) is 17.5. The van der Waals surface area contributed by atoms with Gasteiger partial charge in [-0.25, -0.2) is 0 Å². The molecule has 2 atom stereocenters. The number of nitrogens with one attached hydrogen (secondary N) is 1. The summed E-state index contributed by atoms with van der Waals surface area (Å²) in [5.74, 6) is 1.80. The fourth-order valence-corrected chi connectivity index (χ4v) is 3.61. The molecule has 2 aliphatic rings. The van der Waals surface area contributed by atoms with Crippen molar-refractivity contribution in [1.82, 2.24) is 10.2 Å². The topological polar surface area (TPSA) is 64.6 Å². The standard InChI is InChI=1S/C21H33N3O4.HI/c1-22-21(24-11-14-28-20(15-24)19-5-3-13-27-19)23-10-4-12-26-16-17-6-8-18(25-2)9-7-17;/h6-9,19-20H,3-5,10-16H2,1-2H3,(H,22,23);1H. The molecule has 2 heterocycles. The average molecular weight is 519 g/mol. The Morgan fingerprint density at radius 1 is 1.21 bits per heavy atom. The number of methoxy groups -OCH3 is 1. The summed E-state index contributed by atoms with van der Waals surface area (Å²) in [7, 11) is 3.50. The molecule has 7 nitrogen and oxygen atoms in total. The highest BCUT2D eigenvalue weighted by Crippen LogP contribution is 2.21. The summed E-state index contributed by atoms with van der Waals surface area (Å²) < 4.78 is 22.7. The molecule has 2 fully saturated rings. The van der Waals surface area contributed by atoms with E-state index in [1.54, 1.807) is 7.11 Å². The minimum atomic E-state index is 0. The summed E-state index contributed by atoms with van der Waals surface area (Å²) >= 11 is 0. The second-order valence-electron chi connectivity index (χ2n) is 7.13. The van der Waals surface area contributed by atoms with E-state index in [4.69, 9.17) is 18.9 Å². The van der Waals surface area contributed by atoms with Crippen molar-refractivity contribution < 1.29 is 18.9 Å². The SMILES string of the molecule is CN=C(NCCCOCc1ccc(OC)cc1)N1CCOC(C2CCCO2)C1.I. The lowest BCUT2D eigenvalue weighted by Gasteiger charge is -2.37. The van der Waals surface area contributed by atoms with Crippen molar-refractivity contribution in [2.45, 2.75) is 38.1 Å². The number of benzene rings is 1. The van der Waals surface area contributed by atoms with Gasteiger partial charge in [0.1, 0.15) is 11.9 Å². The number of hydrogen-bond donors (Lipinski definition) is 1. The normalized spacial score (nSPS) is 22.3. The molecule has 1 aromatic rings. The third-order valence-corrected chi connectivity index (χ3v) is 5.16. The molecule has 1 N–H and O–H groups in total. The number of ether oxygens (including phenoxy) is 4. The van der Waals surface area contributed by atoms with Gasteiger partial charge in [-0.3, -0.25) is 4.99 Å². The van der Waals surface area contributed by atoms with Crippen LogP contribution in [0.3, 0.4) is 0 Å². The van der Waals surface area contributed by atoms with E-state index in [1.165, 1.54) is 0 Å². The monoisotopic (exact) mass is 519 g/mol. The first kappa shape index (κ1) is 24.2. The first-order valence-electron chi connectivity index (χ1n) is 10.2. The van der Waals surface area contributed by atoms with E-state index in [9.17, 15) is 0 Å². The second-order valence-corrected chi connectivity index (χ2v) is 7.13. The van der Waals surface area contributed by atoms with Crippen LogP contribution < -0.4 is 10.1 Å². The molecule has 3 rings (SSSR count). The molecule has 0 aliphatic carbocycles. The minimum absolute atomic E-state index is 0. The Hall–Kier alpha value is -1.10. The van der Waals surface area contributed by atoms with Crippen LogP contribution in [-0.2, 0) is 20.8 Å². The highest BCUT2D eigenvalue weighted by atomic mass is 127. The van der Waals surface area contributed by atoms with E-state index in [-0.39, 0.29) is 36.2 Å². The van der Waals surface area contributed by atoms with Crippen LogP contribution in [0.1, 0.15) is 24.8 Å². The van der Waals surface area contributed by atoms with Crippen molar-refractivity contribution >= 4 is 29.9 Å². The van der Waals surface area contributed by atoms with Gasteiger partial charge in [0.05, 0.1) is 26.4 Å². The van der Waals surface area contributed by atoms with Gasteiger partial charge in [0.15, 0.2) is 5.96 Å². The molecule has 29 heavy (non-hydrogen) atoms. The fraction of sp³-hybridized carbons (Fsp3) is 0.667. The Morgan fingerprint density at radius 3 is 2.69 bits per heavy atom. The minimum Gasteiger partial charge on any atom is -0.497 e. The first-order chi connectivity index (χ1) is 13.8. The van der Waals surface area contributed by atoms with Gasteiger partial charge in [0, 0.05) is 39.9 Å². The van der Waals surface area contributed by atoms with Crippen molar-refractivity contribution in [1.29, 1.82) is 0 Å². The lowest BCUT2D eigenvalue weighted by Crippen LogP contribution is -2.53. The smallest absolute Gasteiger partial charge is 0.193 e. The van der Waals surface area contributed by atoms with Gasteiger partial charge in [-0.05, 0) is 37.0 Å². The number of rotatable bonds is 8. The maximum Gasteiger partial charge on any atom is 0.193 e. The zero-order chi connectivity index (χ0) is 19.6. The summed E-state index contributed by atoms with van der Waals surface area (Å²) in [6.07, 6.45) is 3.52. The molecule has 164 valence electrons. The van der Waals surface area contributed by atoms with Crippen LogP contribution in [0.25, 0.3) is 0 Å². The molecule has 0 radical (unpaired) electrons. The molecule has 2 saturated heterocycles. The molecule has 1 aromatic carbocycles. The van der Waals surface area contributed by atoms with Gasteiger partial charge in [0.2, 0.25) is 0 Å². The Labute approximate surface area is 191 Å². The maximum absolute atomic E-state index is 5.92. The van der Waals surface area contributed by atoms with E-state index < -0.39 is 0 Å². The van der Waals surface area contributed by atoms with E-state index in [2.05, 4.69) is 15.2 Å². The average Bonchev–Trinajstić information content (AvgIpc) is 3.29. The van der Waals surface area contributed by atoms with E-state index in [0.29, 0.717) is 13.2 Å². The van der Waals surface area contributed by atoms with Crippen LogP contribution in [0.5, 0.6) is 5.75 Å². The lowest BCUT2D eigenvalue weighted by atomic mass is 10.1.